The van der Waals surface area contributed by atoms with Crippen LogP contribution >= 0.6 is 0 Å². The molecule has 0 aliphatic carbocycles. The molecule has 7 nitrogen and oxygen atoms in total. The highest BCUT2D eigenvalue weighted by molar-refractivity contribution is 5.95. The van der Waals surface area contributed by atoms with E-state index >= 15 is 0 Å². The topological polar surface area (TPSA) is 74.6 Å². The minimum Gasteiger partial charge on any atom is -0.493 e. The second-order valence-corrected chi connectivity index (χ2v) is 7.79. The summed E-state index contributed by atoms with van der Waals surface area (Å²) in [6.45, 7) is 5.88. The number of fused-ring (bicyclic) bond motifs is 1. The number of hydrogen-bond acceptors (Lipinski definition) is 5. The molecule has 0 bridgehead atoms. The number of carbonyl (C=O) groups is 1. The second-order valence-electron chi connectivity index (χ2n) is 7.79. The quantitative estimate of drug-likeness (QED) is 0.496. The van der Waals surface area contributed by atoms with E-state index in [4.69, 9.17) is 19.2 Å². The molecule has 0 radical (unpaired) electrons. The van der Waals surface area contributed by atoms with Crippen LogP contribution in [0.25, 0.3) is 11.0 Å². The molecule has 0 aliphatic rings. The van der Waals surface area contributed by atoms with Crippen molar-refractivity contribution in [3.63, 3.8) is 0 Å². The second kappa shape index (κ2) is 10.2. The van der Waals surface area contributed by atoms with Crippen LogP contribution in [0.2, 0.25) is 0 Å². The van der Waals surface area contributed by atoms with E-state index in [0.717, 1.165) is 36.2 Å². The van der Waals surface area contributed by atoms with E-state index in [2.05, 4.69) is 29.8 Å². The molecule has 0 atom stereocenters. The zero-order valence-electron chi connectivity index (χ0n) is 18.9. The highest BCUT2D eigenvalue weighted by Gasteiger charge is 2.17. The third-order valence-corrected chi connectivity index (χ3v) is 5.07. The molecule has 7 heteroatoms. The maximum absolute atomic E-state index is 12.7. The first-order valence-electron chi connectivity index (χ1n) is 10.5. The molecule has 0 spiro atoms. The highest BCUT2D eigenvalue weighted by atomic mass is 16.5. The third kappa shape index (κ3) is 5.10. The summed E-state index contributed by atoms with van der Waals surface area (Å²) in [4.78, 5) is 17.5. The molecule has 166 valence electrons. The molecule has 0 aliphatic heterocycles. The van der Waals surface area contributed by atoms with E-state index in [-0.39, 0.29) is 5.91 Å². The molecule has 3 aromatic rings. The Labute approximate surface area is 183 Å². The molecular weight excluding hydrogens is 394 g/mol. The van der Waals surface area contributed by atoms with Crippen molar-refractivity contribution >= 4 is 16.9 Å². The van der Waals surface area contributed by atoms with Gasteiger partial charge in [0.05, 0.1) is 32.4 Å². The van der Waals surface area contributed by atoms with Gasteiger partial charge in [-0.2, -0.15) is 0 Å². The Morgan fingerprint density at radius 3 is 2.35 bits per heavy atom. The molecule has 1 aromatic heterocycles. The number of carbonyl (C=O) groups excluding carboxylic acids is 1. The van der Waals surface area contributed by atoms with Gasteiger partial charge in [-0.15, -0.1) is 0 Å². The van der Waals surface area contributed by atoms with Crippen LogP contribution in [0.15, 0.2) is 36.4 Å². The van der Waals surface area contributed by atoms with Gasteiger partial charge in [0.2, 0.25) is 5.75 Å². The Hall–Kier alpha value is -3.22. The molecule has 3 rings (SSSR count). The van der Waals surface area contributed by atoms with Crippen molar-refractivity contribution in [2.24, 2.45) is 5.92 Å². The fourth-order valence-corrected chi connectivity index (χ4v) is 3.65. The molecule has 1 heterocycles. The van der Waals surface area contributed by atoms with Crippen molar-refractivity contribution in [2.45, 2.75) is 33.2 Å². The van der Waals surface area contributed by atoms with Gasteiger partial charge < -0.3 is 24.1 Å². The molecule has 2 aromatic carbocycles. The number of para-hydroxylation sites is 2. The fraction of sp³-hybridized carbons (Fsp3) is 0.417. The average Bonchev–Trinajstić information content (AvgIpc) is 3.12. The number of amides is 1. The fourth-order valence-electron chi connectivity index (χ4n) is 3.65. The Balaban J connectivity index is 1.66. The first-order chi connectivity index (χ1) is 15.0. The number of methoxy groups -OCH3 is 3. The number of hydrogen-bond donors (Lipinski definition) is 1. The SMILES string of the molecule is COc1cc(C(=O)NCCCc2nc3ccccc3n2CC(C)C)cc(OC)c1OC. The Kier molecular flexibility index (Phi) is 7.39. The van der Waals surface area contributed by atoms with E-state index in [1.54, 1.807) is 12.1 Å². The number of aryl methyl sites for hydroxylation is 1. The summed E-state index contributed by atoms with van der Waals surface area (Å²) < 4.78 is 18.3. The Bertz CT molecular complexity index is 1020. The first-order valence-corrected chi connectivity index (χ1v) is 10.5. The summed E-state index contributed by atoms with van der Waals surface area (Å²) in [6.07, 6.45) is 1.58. The minimum atomic E-state index is -0.185. The number of rotatable bonds is 10. The van der Waals surface area contributed by atoms with Crippen LogP contribution in [-0.2, 0) is 13.0 Å². The maximum Gasteiger partial charge on any atom is 0.251 e. The van der Waals surface area contributed by atoms with Crippen LogP contribution in [0, 0.1) is 5.92 Å². The van der Waals surface area contributed by atoms with Gasteiger partial charge in [-0.1, -0.05) is 26.0 Å². The molecule has 0 fully saturated rings. The van der Waals surface area contributed by atoms with Gasteiger partial charge in [0.15, 0.2) is 11.5 Å². The standard InChI is InChI=1S/C24H31N3O4/c1-16(2)15-27-19-10-7-6-9-18(19)26-22(27)11-8-12-25-24(28)17-13-20(29-3)23(31-5)21(14-17)30-4/h6-7,9-10,13-14,16H,8,11-12,15H2,1-5H3,(H,25,28). The van der Waals surface area contributed by atoms with Crippen LogP contribution in [-0.4, -0.2) is 43.3 Å². The summed E-state index contributed by atoms with van der Waals surface area (Å²) in [5, 5.41) is 2.98. The van der Waals surface area contributed by atoms with Crippen LogP contribution < -0.4 is 19.5 Å². The number of nitrogens with zero attached hydrogens (tertiary/aromatic N) is 2. The van der Waals surface area contributed by atoms with Crippen molar-refractivity contribution < 1.29 is 19.0 Å². The lowest BCUT2D eigenvalue weighted by Gasteiger charge is -2.14. The molecule has 1 amide bonds. The largest absolute Gasteiger partial charge is 0.493 e. The summed E-state index contributed by atoms with van der Waals surface area (Å²) in [7, 11) is 4.59. The predicted molar refractivity (Wildman–Crippen MR) is 121 cm³/mol. The van der Waals surface area contributed by atoms with Gasteiger partial charge in [-0.3, -0.25) is 4.79 Å². The van der Waals surface area contributed by atoms with E-state index < -0.39 is 0 Å². The van der Waals surface area contributed by atoms with Gasteiger partial charge in [-0.25, -0.2) is 4.98 Å². The van der Waals surface area contributed by atoms with Crippen molar-refractivity contribution in [1.82, 2.24) is 14.9 Å². The number of aromatic nitrogens is 2. The minimum absolute atomic E-state index is 0.185. The zero-order valence-corrected chi connectivity index (χ0v) is 18.9. The predicted octanol–water partition coefficient (Wildman–Crippen LogP) is 4.08. The average molecular weight is 426 g/mol. The van der Waals surface area contributed by atoms with Crippen LogP contribution in [0.3, 0.4) is 0 Å². The zero-order chi connectivity index (χ0) is 22.4. The number of imidazole rings is 1. The number of benzene rings is 2. The van der Waals surface area contributed by atoms with Crippen molar-refractivity contribution in [3.05, 3.63) is 47.8 Å². The van der Waals surface area contributed by atoms with Crippen LogP contribution in [0.5, 0.6) is 17.2 Å². The van der Waals surface area contributed by atoms with E-state index in [1.807, 2.05) is 18.2 Å². The molecule has 0 saturated carbocycles. The summed E-state index contributed by atoms with van der Waals surface area (Å²) in [5.41, 5.74) is 2.63. The van der Waals surface area contributed by atoms with Crippen LogP contribution in [0.4, 0.5) is 0 Å². The first kappa shape index (κ1) is 22.5. The normalized spacial score (nSPS) is 11.0. The van der Waals surface area contributed by atoms with Crippen molar-refractivity contribution in [3.8, 4) is 17.2 Å². The van der Waals surface area contributed by atoms with Gasteiger partial charge in [-0.05, 0) is 36.6 Å². The smallest absolute Gasteiger partial charge is 0.251 e. The van der Waals surface area contributed by atoms with Gasteiger partial charge in [0, 0.05) is 25.1 Å². The summed E-state index contributed by atoms with van der Waals surface area (Å²) >= 11 is 0. The van der Waals surface area contributed by atoms with Crippen LogP contribution in [0.1, 0.15) is 36.5 Å². The molecular formula is C24H31N3O4. The Morgan fingerprint density at radius 1 is 1.06 bits per heavy atom. The van der Waals surface area contributed by atoms with Gasteiger partial charge >= 0.3 is 0 Å². The van der Waals surface area contributed by atoms with Gasteiger partial charge in [0.1, 0.15) is 5.82 Å². The van der Waals surface area contributed by atoms with Crippen molar-refractivity contribution in [2.75, 3.05) is 27.9 Å². The number of ether oxygens (including phenoxy) is 3. The highest BCUT2D eigenvalue weighted by Crippen LogP contribution is 2.38. The van der Waals surface area contributed by atoms with E-state index in [0.29, 0.717) is 35.3 Å². The monoisotopic (exact) mass is 425 g/mol. The molecule has 31 heavy (non-hydrogen) atoms. The van der Waals surface area contributed by atoms with E-state index in [1.165, 1.54) is 21.3 Å². The van der Waals surface area contributed by atoms with Crippen molar-refractivity contribution in [1.29, 1.82) is 0 Å². The lowest BCUT2D eigenvalue weighted by atomic mass is 10.1. The summed E-state index contributed by atoms with van der Waals surface area (Å²) in [5.74, 6) is 2.76. The maximum atomic E-state index is 12.7. The Morgan fingerprint density at radius 2 is 1.74 bits per heavy atom. The molecule has 0 unspecified atom stereocenters. The third-order valence-electron chi connectivity index (χ3n) is 5.07. The summed E-state index contributed by atoms with van der Waals surface area (Å²) in [6, 6.07) is 11.5. The molecule has 0 saturated heterocycles. The number of nitrogens with one attached hydrogen (secondary N) is 1. The van der Waals surface area contributed by atoms with E-state index in [9.17, 15) is 4.79 Å². The lowest BCUT2D eigenvalue weighted by molar-refractivity contribution is 0.0952. The molecule has 1 N–H and O–H groups in total. The lowest BCUT2D eigenvalue weighted by Crippen LogP contribution is -2.25. The van der Waals surface area contributed by atoms with Gasteiger partial charge in [0.25, 0.3) is 5.91 Å².